The van der Waals surface area contributed by atoms with Gasteiger partial charge in [0.2, 0.25) is 0 Å². The van der Waals surface area contributed by atoms with Crippen LogP contribution in [0.5, 0.6) is 5.75 Å². The van der Waals surface area contributed by atoms with E-state index in [4.69, 9.17) is 11.2 Å². The van der Waals surface area contributed by atoms with Crippen LogP contribution in [0.4, 0.5) is 10.5 Å². The topological polar surface area (TPSA) is 108 Å². The molecule has 0 saturated carbocycles. The number of hydrogen-bond donors (Lipinski definition) is 3. The van der Waals surface area contributed by atoms with E-state index in [1.807, 2.05) is 62.4 Å². The molecule has 3 rings (SSSR count). The number of amides is 3. The van der Waals surface area contributed by atoms with Gasteiger partial charge < -0.3 is 20.5 Å². The summed E-state index contributed by atoms with van der Waals surface area (Å²) in [5.74, 6) is -1.56. The number of nitrogens with one attached hydrogen (secondary N) is 2. The summed E-state index contributed by atoms with van der Waals surface area (Å²) in [5, 5.41) is 16.2. The van der Waals surface area contributed by atoms with Gasteiger partial charge in [-0.05, 0) is 57.4 Å². The van der Waals surface area contributed by atoms with Gasteiger partial charge in [0.1, 0.15) is 17.4 Å². The van der Waals surface area contributed by atoms with Gasteiger partial charge in [-0.25, -0.2) is 4.79 Å². The number of phenols is 1. The van der Waals surface area contributed by atoms with Crippen LogP contribution in [0.2, 0.25) is 0 Å². The van der Waals surface area contributed by atoms with Crippen LogP contribution in [-0.4, -0.2) is 39.6 Å². The molecule has 2 unspecified atom stereocenters. The number of alkyl carbamates (subject to hydrolysis) is 1. The highest BCUT2D eigenvalue weighted by molar-refractivity contribution is 6.00. The Labute approximate surface area is 235 Å². The predicted octanol–water partition coefficient (Wildman–Crippen LogP) is 5.24. The fraction of sp³-hybridized carbons (Fsp3) is 0.281. The minimum atomic E-state index is -1.41. The molecule has 0 radical (unpaired) electrons. The summed E-state index contributed by atoms with van der Waals surface area (Å²) in [4.78, 5) is 41.5. The first-order valence-corrected chi connectivity index (χ1v) is 12.9. The Morgan fingerprint density at radius 3 is 2.12 bits per heavy atom. The molecule has 0 bridgehead atoms. The predicted molar refractivity (Wildman–Crippen MR) is 154 cm³/mol. The number of ether oxygens (including phenoxy) is 1. The number of carbonyl (C=O) groups is 3. The first kappa shape index (κ1) is 29.8. The number of aryl methyl sites for hydroxylation is 2. The third-order valence-electron chi connectivity index (χ3n) is 6.12. The molecule has 3 amide bonds. The van der Waals surface area contributed by atoms with E-state index >= 15 is 0 Å². The molecule has 208 valence electrons. The lowest BCUT2D eigenvalue weighted by molar-refractivity contribution is -0.136. The van der Waals surface area contributed by atoms with E-state index in [9.17, 15) is 19.5 Å². The van der Waals surface area contributed by atoms with Gasteiger partial charge in [0.15, 0.2) is 6.04 Å². The van der Waals surface area contributed by atoms with Crippen molar-refractivity contribution in [1.29, 1.82) is 0 Å². The molecule has 0 aliphatic heterocycles. The van der Waals surface area contributed by atoms with Crippen molar-refractivity contribution in [3.8, 4) is 18.2 Å². The summed E-state index contributed by atoms with van der Waals surface area (Å²) in [6.07, 6.45) is 5.15. The number of benzene rings is 3. The summed E-state index contributed by atoms with van der Waals surface area (Å²) < 4.78 is 5.39. The Bertz CT molecular complexity index is 1390. The van der Waals surface area contributed by atoms with Crippen molar-refractivity contribution < 1.29 is 24.2 Å². The SMILES string of the molecule is C#CN(C(=O)C(Cc1ccccc1)NC(=O)OC(C)(C)C)C(C(=O)Nc1c(C)cccc1C)c1ccccc1O. The minimum absolute atomic E-state index is 0.0864. The maximum absolute atomic E-state index is 14.0. The number of terminal acetylenes is 1. The first-order valence-electron chi connectivity index (χ1n) is 12.9. The van der Waals surface area contributed by atoms with Crippen molar-refractivity contribution in [2.45, 2.75) is 58.7 Å². The highest BCUT2D eigenvalue weighted by Crippen LogP contribution is 2.31. The Kier molecular flexibility index (Phi) is 9.57. The number of hydrogen-bond acceptors (Lipinski definition) is 5. The number of nitrogens with zero attached hydrogens (tertiary/aromatic N) is 1. The number of rotatable bonds is 8. The number of phenolic OH excluding ortho intramolecular Hbond substituents is 1. The van der Waals surface area contributed by atoms with Gasteiger partial charge in [-0.3, -0.25) is 14.5 Å². The van der Waals surface area contributed by atoms with E-state index in [0.29, 0.717) is 5.69 Å². The van der Waals surface area contributed by atoms with E-state index in [1.165, 1.54) is 12.1 Å². The fourth-order valence-corrected chi connectivity index (χ4v) is 4.25. The van der Waals surface area contributed by atoms with Gasteiger partial charge in [-0.2, -0.15) is 0 Å². The molecule has 0 aliphatic rings. The number of aromatic hydroxyl groups is 1. The molecule has 40 heavy (non-hydrogen) atoms. The van der Waals surface area contributed by atoms with E-state index in [-0.39, 0.29) is 17.7 Å². The number of carbonyl (C=O) groups excluding carboxylic acids is 3. The Balaban J connectivity index is 2.04. The van der Waals surface area contributed by atoms with Crippen LogP contribution in [0.1, 0.15) is 49.1 Å². The molecule has 8 heteroatoms. The van der Waals surface area contributed by atoms with Gasteiger partial charge in [0.05, 0.1) is 0 Å². The highest BCUT2D eigenvalue weighted by Gasteiger charge is 2.37. The maximum Gasteiger partial charge on any atom is 0.408 e. The summed E-state index contributed by atoms with van der Waals surface area (Å²) in [7, 11) is 0. The quantitative estimate of drug-likeness (QED) is 0.267. The molecule has 0 aliphatic carbocycles. The second kappa shape index (κ2) is 12.9. The second-order valence-electron chi connectivity index (χ2n) is 10.4. The Morgan fingerprint density at radius 1 is 0.950 bits per heavy atom. The lowest BCUT2D eigenvalue weighted by Crippen LogP contribution is -2.51. The van der Waals surface area contributed by atoms with Crippen molar-refractivity contribution in [2.24, 2.45) is 0 Å². The van der Waals surface area contributed by atoms with E-state index < -0.39 is 35.6 Å². The number of para-hydroxylation sites is 2. The van der Waals surface area contributed by atoms with Crippen LogP contribution in [0.3, 0.4) is 0 Å². The third-order valence-corrected chi connectivity index (χ3v) is 6.12. The summed E-state index contributed by atoms with van der Waals surface area (Å²) in [6.45, 7) is 8.83. The van der Waals surface area contributed by atoms with Gasteiger partial charge >= 0.3 is 6.09 Å². The van der Waals surface area contributed by atoms with E-state index in [2.05, 4.69) is 16.7 Å². The van der Waals surface area contributed by atoms with Crippen LogP contribution >= 0.6 is 0 Å². The first-order chi connectivity index (χ1) is 18.9. The molecule has 0 fully saturated rings. The van der Waals surface area contributed by atoms with Gasteiger partial charge in [0.25, 0.3) is 11.8 Å². The molecule has 3 aromatic rings. The molecule has 8 nitrogen and oxygen atoms in total. The zero-order valence-electron chi connectivity index (χ0n) is 23.4. The van der Waals surface area contributed by atoms with Crippen LogP contribution in [-0.2, 0) is 20.7 Å². The van der Waals surface area contributed by atoms with Crippen molar-refractivity contribution in [1.82, 2.24) is 10.2 Å². The summed E-state index contributed by atoms with van der Waals surface area (Å²) in [5.41, 5.74) is 2.29. The van der Waals surface area contributed by atoms with Crippen LogP contribution < -0.4 is 10.6 Å². The van der Waals surface area contributed by atoms with Crippen molar-refractivity contribution >= 4 is 23.6 Å². The molecule has 0 saturated heterocycles. The molecule has 2 atom stereocenters. The summed E-state index contributed by atoms with van der Waals surface area (Å²) in [6, 6.07) is 20.6. The average molecular weight is 542 g/mol. The molecule has 0 spiro atoms. The molecular formula is C32H35N3O5. The highest BCUT2D eigenvalue weighted by atomic mass is 16.6. The van der Waals surface area contributed by atoms with Crippen LogP contribution in [0.25, 0.3) is 0 Å². The third kappa shape index (κ3) is 7.64. The molecule has 0 heterocycles. The van der Waals surface area contributed by atoms with Crippen LogP contribution in [0, 0.1) is 26.3 Å². The zero-order chi connectivity index (χ0) is 29.4. The van der Waals surface area contributed by atoms with E-state index in [0.717, 1.165) is 21.6 Å². The van der Waals surface area contributed by atoms with Crippen molar-refractivity contribution in [2.75, 3.05) is 5.32 Å². The van der Waals surface area contributed by atoms with E-state index in [1.54, 1.807) is 32.9 Å². The van der Waals surface area contributed by atoms with Gasteiger partial charge in [0, 0.05) is 23.7 Å². The lowest BCUT2D eigenvalue weighted by Gasteiger charge is -2.31. The smallest absolute Gasteiger partial charge is 0.408 e. The second-order valence-corrected chi connectivity index (χ2v) is 10.4. The largest absolute Gasteiger partial charge is 0.508 e. The zero-order valence-corrected chi connectivity index (χ0v) is 23.4. The maximum atomic E-state index is 14.0. The fourth-order valence-electron chi connectivity index (χ4n) is 4.25. The van der Waals surface area contributed by atoms with Crippen molar-refractivity contribution in [3.05, 3.63) is 95.1 Å². The summed E-state index contributed by atoms with van der Waals surface area (Å²) >= 11 is 0. The van der Waals surface area contributed by atoms with Crippen molar-refractivity contribution in [3.63, 3.8) is 0 Å². The minimum Gasteiger partial charge on any atom is -0.508 e. The molecule has 3 N–H and O–H groups in total. The molecular weight excluding hydrogens is 506 g/mol. The Morgan fingerprint density at radius 2 is 1.55 bits per heavy atom. The standard InChI is InChI=1S/C32H35N3O5/c1-7-35(30(38)25(20-23-16-9-8-10-17-23)33-31(39)40-32(4,5)6)28(24-18-11-12-19-26(24)36)29(37)34-27-21(2)14-13-15-22(27)3/h1,8-19,25,28,36H,20H2,2-6H3,(H,33,39)(H,34,37). The number of anilines is 1. The average Bonchev–Trinajstić information content (AvgIpc) is 2.88. The normalized spacial score (nSPS) is 12.4. The Hall–Kier alpha value is -4.77. The molecule has 3 aromatic carbocycles. The lowest BCUT2D eigenvalue weighted by atomic mass is 9.99. The molecule has 0 aromatic heterocycles. The van der Waals surface area contributed by atoms with Gasteiger partial charge in [-0.1, -0.05) is 73.2 Å². The van der Waals surface area contributed by atoms with Crippen LogP contribution in [0.15, 0.2) is 72.8 Å². The van der Waals surface area contributed by atoms with Gasteiger partial charge in [-0.15, -0.1) is 0 Å². The monoisotopic (exact) mass is 541 g/mol.